The first-order valence-corrected chi connectivity index (χ1v) is 7.72. The Balaban J connectivity index is 2.42. The second kappa shape index (κ2) is 5.72. The van der Waals surface area contributed by atoms with E-state index in [1.807, 2.05) is 0 Å². The highest BCUT2D eigenvalue weighted by atomic mass is 32.2. The number of nitrogens with two attached hydrogens (primary N) is 1. The fourth-order valence-electron chi connectivity index (χ4n) is 2.01. The van der Waals surface area contributed by atoms with Crippen molar-refractivity contribution in [3.05, 3.63) is 18.2 Å². The van der Waals surface area contributed by atoms with E-state index < -0.39 is 32.6 Å². The van der Waals surface area contributed by atoms with Crippen LogP contribution >= 0.6 is 0 Å². The molecule has 1 atom stereocenters. The highest BCUT2D eigenvalue weighted by Crippen LogP contribution is 2.37. The Bertz CT molecular complexity index is 615. The van der Waals surface area contributed by atoms with E-state index in [1.54, 1.807) is 0 Å². The number of rotatable bonds is 4. The van der Waals surface area contributed by atoms with Gasteiger partial charge < -0.3 is 15.2 Å². The third kappa shape index (κ3) is 3.24. The van der Waals surface area contributed by atoms with Crippen LogP contribution in [0.3, 0.4) is 0 Å². The summed E-state index contributed by atoms with van der Waals surface area (Å²) in [6, 6.07) is 3.43. The molecule has 2 rings (SSSR count). The first-order valence-electron chi connectivity index (χ1n) is 6.17. The predicted octanol–water partition coefficient (Wildman–Crippen LogP) is 1.51. The van der Waals surface area contributed by atoms with Crippen LogP contribution in [-0.2, 0) is 9.84 Å². The molecule has 1 heterocycles. The molecule has 0 fully saturated rings. The Morgan fingerprint density at radius 3 is 2.38 bits per heavy atom. The fourth-order valence-corrected chi connectivity index (χ4v) is 3.67. The summed E-state index contributed by atoms with van der Waals surface area (Å²) in [6.07, 6.45) is -5.58. The molecule has 0 amide bonds. The smallest absolute Gasteiger partial charge is 0.405 e. The van der Waals surface area contributed by atoms with Crippen molar-refractivity contribution in [3.63, 3.8) is 0 Å². The maximum Gasteiger partial charge on any atom is 0.405 e. The van der Waals surface area contributed by atoms with Crippen LogP contribution in [0.2, 0.25) is 0 Å². The normalized spacial score (nSPS) is 16.6. The largest absolute Gasteiger partial charge is 0.486 e. The highest BCUT2D eigenvalue weighted by molar-refractivity contribution is 7.92. The van der Waals surface area contributed by atoms with Gasteiger partial charge in [-0.25, -0.2) is 8.42 Å². The molecule has 1 aromatic carbocycles. The minimum atomic E-state index is -4.88. The molecular weight excluding hydrogens is 311 g/mol. The van der Waals surface area contributed by atoms with Gasteiger partial charge in [-0.1, -0.05) is 0 Å². The van der Waals surface area contributed by atoms with Gasteiger partial charge in [0.15, 0.2) is 26.6 Å². The molecule has 21 heavy (non-hydrogen) atoms. The monoisotopic (exact) mass is 325 g/mol. The third-order valence-electron chi connectivity index (χ3n) is 3.01. The summed E-state index contributed by atoms with van der Waals surface area (Å²) in [4.78, 5) is -0.456. The minimum absolute atomic E-state index is 0.121. The van der Waals surface area contributed by atoms with Gasteiger partial charge in [0.25, 0.3) is 0 Å². The predicted molar refractivity (Wildman–Crippen MR) is 68.1 cm³/mol. The fraction of sp³-hybridized carbons (Fsp3) is 0.500. The number of benzene rings is 1. The summed E-state index contributed by atoms with van der Waals surface area (Å²) in [6.45, 7) is 0.132. The van der Waals surface area contributed by atoms with E-state index in [0.29, 0.717) is 12.4 Å². The zero-order chi connectivity index (χ0) is 15.7. The van der Waals surface area contributed by atoms with Gasteiger partial charge in [0.05, 0.1) is 4.90 Å². The molecule has 0 saturated heterocycles. The number of ether oxygens (including phenoxy) is 2. The van der Waals surface area contributed by atoms with Crippen molar-refractivity contribution in [3.8, 4) is 11.5 Å². The van der Waals surface area contributed by atoms with Gasteiger partial charge in [-0.2, -0.15) is 13.2 Å². The van der Waals surface area contributed by atoms with E-state index in [4.69, 9.17) is 15.2 Å². The van der Waals surface area contributed by atoms with Crippen LogP contribution in [-0.4, -0.2) is 39.6 Å². The lowest BCUT2D eigenvalue weighted by molar-refractivity contribution is -0.131. The molecule has 0 bridgehead atoms. The van der Waals surface area contributed by atoms with Gasteiger partial charge in [0.2, 0.25) is 0 Å². The van der Waals surface area contributed by atoms with Gasteiger partial charge in [-0.05, 0) is 25.1 Å². The molecule has 0 aliphatic carbocycles. The van der Waals surface area contributed by atoms with Crippen LogP contribution in [0, 0.1) is 0 Å². The van der Waals surface area contributed by atoms with E-state index in [0.717, 1.165) is 12.1 Å². The third-order valence-corrected chi connectivity index (χ3v) is 5.17. The SMILES string of the molecule is NCCC(C(F)(F)F)S(=O)(=O)c1ccc2c(c1)OCCO2. The average Bonchev–Trinajstić information content (AvgIpc) is 2.42. The molecule has 0 radical (unpaired) electrons. The molecule has 0 aromatic heterocycles. The molecule has 9 heteroatoms. The zero-order valence-corrected chi connectivity index (χ0v) is 11.7. The Morgan fingerprint density at radius 2 is 1.81 bits per heavy atom. The van der Waals surface area contributed by atoms with Crippen molar-refractivity contribution in [2.75, 3.05) is 19.8 Å². The first-order chi connectivity index (χ1) is 9.76. The van der Waals surface area contributed by atoms with Gasteiger partial charge in [-0.15, -0.1) is 0 Å². The van der Waals surface area contributed by atoms with E-state index >= 15 is 0 Å². The summed E-state index contributed by atoms with van der Waals surface area (Å²) in [5.41, 5.74) is 5.10. The van der Waals surface area contributed by atoms with Crippen molar-refractivity contribution in [2.45, 2.75) is 22.7 Å². The number of sulfone groups is 1. The summed E-state index contributed by atoms with van der Waals surface area (Å²) < 4.78 is 73.6. The number of hydrogen-bond donors (Lipinski definition) is 1. The van der Waals surface area contributed by atoms with E-state index in [2.05, 4.69) is 0 Å². The van der Waals surface area contributed by atoms with Gasteiger partial charge in [-0.3, -0.25) is 0 Å². The number of fused-ring (bicyclic) bond motifs is 1. The summed E-state index contributed by atoms with van der Waals surface area (Å²) in [5, 5.41) is -2.53. The summed E-state index contributed by atoms with van der Waals surface area (Å²) >= 11 is 0. The summed E-state index contributed by atoms with van der Waals surface area (Å²) in [5.74, 6) is 0.429. The van der Waals surface area contributed by atoms with Gasteiger partial charge in [0, 0.05) is 6.07 Å². The second-order valence-electron chi connectivity index (χ2n) is 4.46. The lowest BCUT2D eigenvalue weighted by Gasteiger charge is -2.22. The van der Waals surface area contributed by atoms with E-state index in [9.17, 15) is 21.6 Å². The van der Waals surface area contributed by atoms with Crippen molar-refractivity contribution in [1.82, 2.24) is 0 Å². The quantitative estimate of drug-likeness (QED) is 0.908. The molecule has 1 aliphatic heterocycles. The molecule has 2 N–H and O–H groups in total. The lowest BCUT2D eigenvalue weighted by Crippen LogP contribution is -2.38. The standard InChI is InChI=1S/C12H14F3NO4S/c13-12(14,15)11(3-4-16)21(17,18)8-1-2-9-10(7-8)20-6-5-19-9/h1-2,7,11H,3-6,16H2. The van der Waals surface area contributed by atoms with Crippen LogP contribution in [0.4, 0.5) is 13.2 Å². The second-order valence-corrected chi connectivity index (χ2v) is 6.59. The van der Waals surface area contributed by atoms with Gasteiger partial charge >= 0.3 is 6.18 Å². The molecule has 1 aromatic rings. The average molecular weight is 325 g/mol. The van der Waals surface area contributed by atoms with Crippen LogP contribution in [0.5, 0.6) is 11.5 Å². The number of alkyl halides is 3. The molecule has 118 valence electrons. The summed E-state index contributed by atoms with van der Waals surface area (Å²) in [7, 11) is -4.59. The number of halogens is 3. The highest BCUT2D eigenvalue weighted by Gasteiger charge is 2.48. The van der Waals surface area contributed by atoms with Crippen molar-refractivity contribution in [2.24, 2.45) is 5.73 Å². The molecular formula is C12H14F3NO4S. The Morgan fingerprint density at radius 1 is 1.19 bits per heavy atom. The lowest BCUT2D eigenvalue weighted by atomic mass is 10.3. The molecule has 1 aliphatic rings. The van der Waals surface area contributed by atoms with Crippen molar-refractivity contribution < 1.29 is 31.1 Å². The van der Waals surface area contributed by atoms with Crippen molar-refractivity contribution >= 4 is 9.84 Å². The molecule has 1 unspecified atom stereocenters. The molecule has 0 spiro atoms. The van der Waals surface area contributed by atoms with Crippen LogP contribution < -0.4 is 15.2 Å². The molecule has 0 saturated carbocycles. The zero-order valence-electron chi connectivity index (χ0n) is 10.9. The minimum Gasteiger partial charge on any atom is -0.486 e. The van der Waals surface area contributed by atoms with Gasteiger partial charge in [0.1, 0.15) is 13.2 Å². The molecule has 5 nitrogen and oxygen atoms in total. The van der Waals surface area contributed by atoms with Crippen LogP contribution in [0.15, 0.2) is 23.1 Å². The maximum atomic E-state index is 12.9. The van der Waals surface area contributed by atoms with Crippen molar-refractivity contribution in [1.29, 1.82) is 0 Å². The van der Waals surface area contributed by atoms with Crippen LogP contribution in [0.25, 0.3) is 0 Å². The topological polar surface area (TPSA) is 78.6 Å². The van der Waals surface area contributed by atoms with Crippen LogP contribution in [0.1, 0.15) is 6.42 Å². The number of hydrogen-bond acceptors (Lipinski definition) is 5. The Labute approximate surface area is 119 Å². The first kappa shape index (κ1) is 15.9. The van der Waals surface area contributed by atoms with E-state index in [1.165, 1.54) is 6.07 Å². The Kier molecular flexibility index (Phi) is 4.33. The Hall–Kier alpha value is -1.48. The van der Waals surface area contributed by atoms with E-state index in [-0.39, 0.29) is 18.9 Å². The maximum absolute atomic E-state index is 12.9.